The molecule has 1 fully saturated rings. The monoisotopic (exact) mass is 491 g/mol. The number of amides is 1. The first-order chi connectivity index (χ1) is 15.5. The minimum atomic E-state index is -4.71. The highest BCUT2D eigenvalue weighted by atomic mass is 32.2. The summed E-state index contributed by atoms with van der Waals surface area (Å²) in [6.07, 6.45) is -6.24. The van der Waals surface area contributed by atoms with Crippen LogP contribution in [0.3, 0.4) is 0 Å². The molecule has 0 aliphatic carbocycles. The van der Waals surface area contributed by atoms with E-state index in [1.165, 1.54) is 24.3 Å². The Kier molecular flexibility index (Phi) is 7.58. The van der Waals surface area contributed by atoms with E-state index < -0.39 is 39.0 Å². The lowest BCUT2D eigenvalue weighted by atomic mass is 10.0. The fourth-order valence-electron chi connectivity index (χ4n) is 3.53. The van der Waals surface area contributed by atoms with E-state index in [0.717, 1.165) is 18.2 Å². The molecule has 3 rings (SSSR count). The number of rotatable bonds is 7. The Bertz CT molecular complexity index is 1080. The standard InChI is InChI=1S/C21H22F5N3O3S/c22-19(23)13-29-10-8-15(9-11-29)27-20(30)17-6-1-2-7-18(17)28-33(31,32)16-5-3-4-14(12-16)21(24,25)26/h1-7,12,15,19,28H,8-11,13H2,(H,27,30). The second-order valence-corrected chi connectivity index (χ2v) is 9.30. The summed E-state index contributed by atoms with van der Waals surface area (Å²) in [4.78, 5) is 13.8. The first-order valence-electron chi connectivity index (χ1n) is 10.1. The fourth-order valence-corrected chi connectivity index (χ4v) is 4.66. The quantitative estimate of drug-likeness (QED) is 0.575. The van der Waals surface area contributed by atoms with E-state index in [2.05, 4.69) is 10.0 Å². The third-order valence-corrected chi connectivity index (χ3v) is 6.57. The van der Waals surface area contributed by atoms with Gasteiger partial charge in [-0.05, 0) is 43.2 Å². The van der Waals surface area contributed by atoms with E-state index in [0.29, 0.717) is 32.0 Å². The number of carbonyl (C=O) groups is 1. The number of carbonyl (C=O) groups excluding carboxylic acids is 1. The van der Waals surface area contributed by atoms with Crippen LogP contribution >= 0.6 is 0 Å². The van der Waals surface area contributed by atoms with Crippen molar-refractivity contribution < 1.29 is 35.2 Å². The number of alkyl halides is 5. The average molecular weight is 491 g/mol. The Morgan fingerprint density at radius 3 is 2.36 bits per heavy atom. The molecule has 1 amide bonds. The van der Waals surface area contributed by atoms with Gasteiger partial charge in [0.1, 0.15) is 0 Å². The van der Waals surface area contributed by atoms with Gasteiger partial charge in [-0.15, -0.1) is 0 Å². The summed E-state index contributed by atoms with van der Waals surface area (Å²) >= 11 is 0. The van der Waals surface area contributed by atoms with Gasteiger partial charge in [0.05, 0.1) is 28.3 Å². The number of sulfonamides is 1. The van der Waals surface area contributed by atoms with Crippen molar-refractivity contribution in [3.05, 3.63) is 59.7 Å². The van der Waals surface area contributed by atoms with Crippen LogP contribution in [0.15, 0.2) is 53.4 Å². The maximum absolute atomic E-state index is 13.0. The van der Waals surface area contributed by atoms with Crippen LogP contribution in [-0.2, 0) is 16.2 Å². The zero-order valence-corrected chi connectivity index (χ0v) is 18.1. The second-order valence-electron chi connectivity index (χ2n) is 7.62. The molecule has 0 aromatic heterocycles. The number of hydrogen-bond donors (Lipinski definition) is 2. The molecule has 1 aliphatic rings. The molecule has 0 unspecified atom stereocenters. The molecule has 0 spiro atoms. The smallest absolute Gasteiger partial charge is 0.349 e. The van der Waals surface area contributed by atoms with Crippen LogP contribution in [-0.4, -0.2) is 51.3 Å². The van der Waals surface area contributed by atoms with Crippen molar-refractivity contribution in [2.45, 2.75) is 36.4 Å². The van der Waals surface area contributed by atoms with Gasteiger partial charge in [0.25, 0.3) is 22.4 Å². The summed E-state index contributed by atoms with van der Waals surface area (Å²) in [5.41, 5.74) is -1.22. The summed E-state index contributed by atoms with van der Waals surface area (Å²) in [5.74, 6) is -0.579. The minimum absolute atomic E-state index is 0.0111. The van der Waals surface area contributed by atoms with Gasteiger partial charge in [-0.25, -0.2) is 17.2 Å². The molecule has 1 aliphatic heterocycles. The number of anilines is 1. The molecule has 2 aromatic rings. The number of nitrogens with zero attached hydrogens (tertiary/aromatic N) is 1. The topological polar surface area (TPSA) is 78.5 Å². The number of piperidine rings is 1. The van der Waals surface area contributed by atoms with Crippen molar-refractivity contribution in [3.8, 4) is 0 Å². The number of para-hydroxylation sites is 1. The van der Waals surface area contributed by atoms with Gasteiger partial charge >= 0.3 is 6.18 Å². The normalized spacial score (nSPS) is 16.1. The molecule has 180 valence electrons. The number of likely N-dealkylation sites (tertiary alicyclic amines) is 1. The molecular formula is C21H22F5N3O3S. The number of benzene rings is 2. The summed E-state index contributed by atoms with van der Waals surface area (Å²) in [5, 5.41) is 2.77. The van der Waals surface area contributed by atoms with E-state index in [-0.39, 0.29) is 23.8 Å². The predicted octanol–water partition coefficient (Wildman–Crippen LogP) is 3.97. The van der Waals surface area contributed by atoms with Gasteiger partial charge in [-0.2, -0.15) is 13.2 Å². The predicted molar refractivity (Wildman–Crippen MR) is 112 cm³/mol. The molecule has 6 nitrogen and oxygen atoms in total. The molecule has 0 bridgehead atoms. The Labute approximate surface area is 187 Å². The summed E-state index contributed by atoms with van der Waals surface area (Å²) in [7, 11) is -4.41. The zero-order chi connectivity index (χ0) is 24.2. The van der Waals surface area contributed by atoms with Crippen molar-refractivity contribution in [1.29, 1.82) is 0 Å². The average Bonchev–Trinajstić information content (AvgIpc) is 2.74. The number of hydrogen-bond acceptors (Lipinski definition) is 4. The van der Waals surface area contributed by atoms with Crippen molar-refractivity contribution in [1.82, 2.24) is 10.2 Å². The number of nitrogens with one attached hydrogen (secondary N) is 2. The first kappa shape index (κ1) is 24.9. The molecule has 1 saturated heterocycles. The van der Waals surface area contributed by atoms with E-state index in [4.69, 9.17) is 0 Å². The van der Waals surface area contributed by atoms with Gasteiger partial charge in [0, 0.05) is 19.1 Å². The molecule has 2 N–H and O–H groups in total. The summed E-state index contributed by atoms with van der Waals surface area (Å²) in [6, 6.07) is 8.69. The van der Waals surface area contributed by atoms with Crippen LogP contribution in [0.4, 0.5) is 27.6 Å². The van der Waals surface area contributed by atoms with E-state index >= 15 is 0 Å². The van der Waals surface area contributed by atoms with Crippen LogP contribution in [0.5, 0.6) is 0 Å². The van der Waals surface area contributed by atoms with Crippen molar-refractivity contribution in [2.24, 2.45) is 0 Å². The highest BCUT2D eigenvalue weighted by Crippen LogP contribution is 2.31. The maximum Gasteiger partial charge on any atom is 0.416 e. The lowest BCUT2D eigenvalue weighted by Crippen LogP contribution is -2.45. The number of halogens is 5. The first-order valence-corrected chi connectivity index (χ1v) is 11.5. The van der Waals surface area contributed by atoms with E-state index in [1.807, 2.05) is 0 Å². The summed E-state index contributed by atoms with van der Waals surface area (Å²) in [6.45, 7) is 0.443. The molecule has 0 radical (unpaired) electrons. The van der Waals surface area contributed by atoms with Crippen LogP contribution < -0.4 is 10.0 Å². The highest BCUT2D eigenvalue weighted by molar-refractivity contribution is 7.92. The Morgan fingerprint density at radius 2 is 1.73 bits per heavy atom. The third kappa shape index (κ3) is 6.64. The van der Waals surface area contributed by atoms with Crippen molar-refractivity contribution >= 4 is 21.6 Å². The highest BCUT2D eigenvalue weighted by Gasteiger charge is 2.32. The minimum Gasteiger partial charge on any atom is -0.349 e. The molecular weight excluding hydrogens is 469 g/mol. The zero-order valence-electron chi connectivity index (χ0n) is 17.3. The van der Waals surface area contributed by atoms with Crippen molar-refractivity contribution in [2.75, 3.05) is 24.4 Å². The Hall–Kier alpha value is -2.73. The molecule has 0 saturated carbocycles. The molecule has 33 heavy (non-hydrogen) atoms. The SMILES string of the molecule is O=C(NC1CCN(CC(F)F)CC1)c1ccccc1NS(=O)(=O)c1cccc(C(F)(F)F)c1. The van der Waals surface area contributed by atoms with Crippen LogP contribution in [0.2, 0.25) is 0 Å². The lowest BCUT2D eigenvalue weighted by molar-refractivity contribution is -0.137. The molecule has 12 heteroatoms. The molecule has 2 aromatic carbocycles. The van der Waals surface area contributed by atoms with Gasteiger partial charge in [0.15, 0.2) is 0 Å². The third-order valence-electron chi connectivity index (χ3n) is 5.21. The van der Waals surface area contributed by atoms with Gasteiger partial charge < -0.3 is 5.32 Å². The Morgan fingerprint density at radius 1 is 1.06 bits per heavy atom. The van der Waals surface area contributed by atoms with Gasteiger partial charge in [-0.3, -0.25) is 14.4 Å². The van der Waals surface area contributed by atoms with Gasteiger partial charge in [0.2, 0.25) is 0 Å². The largest absolute Gasteiger partial charge is 0.416 e. The molecule has 1 heterocycles. The van der Waals surface area contributed by atoms with E-state index in [1.54, 1.807) is 4.90 Å². The van der Waals surface area contributed by atoms with Crippen LogP contribution in [0, 0.1) is 0 Å². The maximum atomic E-state index is 13.0. The fraction of sp³-hybridized carbons (Fsp3) is 0.381. The van der Waals surface area contributed by atoms with Crippen LogP contribution in [0.1, 0.15) is 28.8 Å². The van der Waals surface area contributed by atoms with Crippen molar-refractivity contribution in [3.63, 3.8) is 0 Å². The van der Waals surface area contributed by atoms with Crippen LogP contribution in [0.25, 0.3) is 0 Å². The molecule has 0 atom stereocenters. The summed E-state index contributed by atoms with van der Waals surface area (Å²) < 4.78 is 91.4. The second kappa shape index (κ2) is 10.0. The Balaban J connectivity index is 1.72. The lowest BCUT2D eigenvalue weighted by Gasteiger charge is -2.32. The van der Waals surface area contributed by atoms with E-state index in [9.17, 15) is 35.2 Å². The van der Waals surface area contributed by atoms with Gasteiger partial charge in [-0.1, -0.05) is 18.2 Å².